The smallest absolute Gasteiger partial charge is 0.219 e. The SMILES string of the molecule is CC(=O)N1CCC[C@@H](CNC(C)C)C1. The Labute approximate surface area is 86.9 Å². The average molecular weight is 198 g/mol. The molecule has 0 unspecified atom stereocenters. The van der Waals surface area contributed by atoms with E-state index in [9.17, 15) is 4.79 Å². The van der Waals surface area contributed by atoms with Gasteiger partial charge in [-0.25, -0.2) is 0 Å². The van der Waals surface area contributed by atoms with Gasteiger partial charge in [0.05, 0.1) is 0 Å². The molecule has 0 radical (unpaired) electrons. The highest BCUT2D eigenvalue weighted by Crippen LogP contribution is 2.15. The van der Waals surface area contributed by atoms with Crippen molar-refractivity contribution in [1.29, 1.82) is 0 Å². The van der Waals surface area contributed by atoms with Gasteiger partial charge in [0.25, 0.3) is 0 Å². The van der Waals surface area contributed by atoms with Crippen molar-refractivity contribution in [1.82, 2.24) is 10.2 Å². The molecule has 3 heteroatoms. The monoisotopic (exact) mass is 198 g/mol. The normalized spacial score (nSPS) is 22.9. The first-order valence-corrected chi connectivity index (χ1v) is 5.58. The second kappa shape index (κ2) is 5.35. The van der Waals surface area contributed by atoms with Crippen molar-refractivity contribution < 1.29 is 4.79 Å². The fourth-order valence-corrected chi connectivity index (χ4v) is 1.92. The van der Waals surface area contributed by atoms with E-state index < -0.39 is 0 Å². The van der Waals surface area contributed by atoms with Gasteiger partial charge in [-0.1, -0.05) is 13.8 Å². The number of rotatable bonds is 3. The van der Waals surface area contributed by atoms with E-state index in [-0.39, 0.29) is 5.91 Å². The molecule has 1 fully saturated rings. The molecule has 1 aliphatic heterocycles. The largest absolute Gasteiger partial charge is 0.343 e. The van der Waals surface area contributed by atoms with Crippen LogP contribution in [0.25, 0.3) is 0 Å². The van der Waals surface area contributed by atoms with E-state index in [1.165, 1.54) is 6.42 Å². The molecule has 1 amide bonds. The van der Waals surface area contributed by atoms with Crippen LogP contribution in [-0.4, -0.2) is 36.5 Å². The Hall–Kier alpha value is -0.570. The van der Waals surface area contributed by atoms with E-state index in [2.05, 4.69) is 19.2 Å². The molecular weight excluding hydrogens is 176 g/mol. The minimum absolute atomic E-state index is 0.222. The molecule has 3 nitrogen and oxygen atoms in total. The molecule has 1 aliphatic rings. The third-order valence-electron chi connectivity index (χ3n) is 2.78. The summed E-state index contributed by atoms with van der Waals surface area (Å²) in [6.45, 7) is 8.92. The molecule has 0 bridgehead atoms. The Morgan fingerprint density at radius 3 is 2.86 bits per heavy atom. The summed E-state index contributed by atoms with van der Waals surface area (Å²) in [4.78, 5) is 13.2. The highest BCUT2D eigenvalue weighted by atomic mass is 16.2. The van der Waals surface area contributed by atoms with Crippen molar-refractivity contribution in [2.45, 2.75) is 39.7 Å². The molecule has 0 aromatic heterocycles. The molecule has 0 aliphatic carbocycles. The zero-order valence-electron chi connectivity index (χ0n) is 9.55. The van der Waals surface area contributed by atoms with Crippen LogP contribution < -0.4 is 5.32 Å². The van der Waals surface area contributed by atoms with Crippen molar-refractivity contribution in [2.75, 3.05) is 19.6 Å². The van der Waals surface area contributed by atoms with Crippen LogP contribution >= 0.6 is 0 Å². The number of piperidine rings is 1. The van der Waals surface area contributed by atoms with Crippen molar-refractivity contribution in [2.24, 2.45) is 5.92 Å². The number of amides is 1. The van der Waals surface area contributed by atoms with E-state index >= 15 is 0 Å². The predicted octanol–water partition coefficient (Wildman–Crippen LogP) is 1.24. The lowest BCUT2D eigenvalue weighted by Crippen LogP contribution is -2.42. The van der Waals surface area contributed by atoms with Crippen LogP contribution in [0.5, 0.6) is 0 Å². The molecule has 0 aromatic carbocycles. The second-order valence-electron chi connectivity index (χ2n) is 4.54. The van der Waals surface area contributed by atoms with Crippen molar-refractivity contribution in [3.05, 3.63) is 0 Å². The van der Waals surface area contributed by atoms with Gasteiger partial charge in [0, 0.05) is 26.1 Å². The molecule has 1 rings (SSSR count). The molecule has 1 heterocycles. The van der Waals surface area contributed by atoms with Gasteiger partial charge in [-0.05, 0) is 25.3 Å². The highest BCUT2D eigenvalue weighted by Gasteiger charge is 2.21. The summed E-state index contributed by atoms with van der Waals surface area (Å²) in [5, 5.41) is 3.44. The Kier molecular flexibility index (Phi) is 4.39. The number of hydrogen-bond acceptors (Lipinski definition) is 2. The summed E-state index contributed by atoms with van der Waals surface area (Å²) in [6, 6.07) is 0.544. The zero-order valence-corrected chi connectivity index (χ0v) is 9.55. The standard InChI is InChI=1S/C11H22N2O/c1-9(2)12-7-11-5-4-6-13(8-11)10(3)14/h9,11-12H,4-8H2,1-3H3/t11-/m0/s1. The average Bonchev–Trinajstić information content (AvgIpc) is 2.15. The lowest BCUT2D eigenvalue weighted by molar-refractivity contribution is -0.130. The maximum absolute atomic E-state index is 11.2. The molecule has 1 N–H and O–H groups in total. The highest BCUT2D eigenvalue weighted by molar-refractivity contribution is 5.73. The Morgan fingerprint density at radius 2 is 2.29 bits per heavy atom. The maximum Gasteiger partial charge on any atom is 0.219 e. The summed E-state index contributed by atoms with van der Waals surface area (Å²) in [7, 11) is 0. The maximum atomic E-state index is 11.2. The Balaban J connectivity index is 2.29. The van der Waals surface area contributed by atoms with Gasteiger partial charge in [0.2, 0.25) is 5.91 Å². The molecule has 82 valence electrons. The van der Waals surface area contributed by atoms with Crippen LogP contribution in [0.15, 0.2) is 0 Å². The van der Waals surface area contributed by atoms with Crippen LogP contribution in [0.4, 0.5) is 0 Å². The van der Waals surface area contributed by atoms with Gasteiger partial charge < -0.3 is 10.2 Å². The first-order valence-electron chi connectivity index (χ1n) is 5.58. The van der Waals surface area contributed by atoms with Gasteiger partial charge >= 0.3 is 0 Å². The van der Waals surface area contributed by atoms with Crippen molar-refractivity contribution >= 4 is 5.91 Å². The van der Waals surface area contributed by atoms with E-state index in [0.29, 0.717) is 12.0 Å². The van der Waals surface area contributed by atoms with E-state index in [4.69, 9.17) is 0 Å². The Morgan fingerprint density at radius 1 is 1.57 bits per heavy atom. The number of hydrogen-bond donors (Lipinski definition) is 1. The lowest BCUT2D eigenvalue weighted by atomic mass is 9.98. The van der Waals surface area contributed by atoms with E-state index in [0.717, 1.165) is 26.1 Å². The molecule has 14 heavy (non-hydrogen) atoms. The summed E-state index contributed by atoms with van der Waals surface area (Å²) < 4.78 is 0. The van der Waals surface area contributed by atoms with E-state index in [1.54, 1.807) is 6.92 Å². The fraction of sp³-hybridized carbons (Fsp3) is 0.909. The second-order valence-corrected chi connectivity index (χ2v) is 4.54. The first-order chi connectivity index (χ1) is 6.59. The van der Waals surface area contributed by atoms with Gasteiger partial charge in [0.15, 0.2) is 0 Å². The Bertz CT molecular complexity index is 192. The van der Waals surface area contributed by atoms with Crippen LogP contribution in [0.2, 0.25) is 0 Å². The van der Waals surface area contributed by atoms with Crippen LogP contribution in [0, 0.1) is 5.92 Å². The third-order valence-corrected chi connectivity index (χ3v) is 2.78. The van der Waals surface area contributed by atoms with Gasteiger partial charge in [-0.15, -0.1) is 0 Å². The van der Waals surface area contributed by atoms with Gasteiger partial charge in [-0.2, -0.15) is 0 Å². The number of nitrogens with zero attached hydrogens (tertiary/aromatic N) is 1. The summed E-state index contributed by atoms with van der Waals surface area (Å²) >= 11 is 0. The predicted molar refractivity (Wildman–Crippen MR) is 58.1 cm³/mol. The summed E-state index contributed by atoms with van der Waals surface area (Å²) in [5.41, 5.74) is 0. The van der Waals surface area contributed by atoms with Crippen molar-refractivity contribution in [3.63, 3.8) is 0 Å². The summed E-state index contributed by atoms with van der Waals surface area (Å²) in [6.07, 6.45) is 2.41. The fourth-order valence-electron chi connectivity index (χ4n) is 1.92. The molecule has 1 saturated heterocycles. The van der Waals surface area contributed by atoms with Crippen LogP contribution in [0.1, 0.15) is 33.6 Å². The minimum atomic E-state index is 0.222. The zero-order chi connectivity index (χ0) is 10.6. The number of nitrogens with one attached hydrogen (secondary N) is 1. The molecule has 1 atom stereocenters. The topological polar surface area (TPSA) is 32.3 Å². The molecule has 0 aromatic rings. The van der Waals surface area contributed by atoms with E-state index in [1.807, 2.05) is 4.90 Å². The number of carbonyl (C=O) groups is 1. The molecular formula is C11H22N2O. The van der Waals surface area contributed by atoms with Crippen molar-refractivity contribution in [3.8, 4) is 0 Å². The quantitative estimate of drug-likeness (QED) is 0.740. The van der Waals surface area contributed by atoms with Crippen LogP contribution in [-0.2, 0) is 4.79 Å². The summed E-state index contributed by atoms with van der Waals surface area (Å²) in [5.74, 6) is 0.870. The first kappa shape index (κ1) is 11.5. The van der Waals surface area contributed by atoms with Crippen LogP contribution in [0.3, 0.4) is 0 Å². The lowest BCUT2D eigenvalue weighted by Gasteiger charge is -2.32. The number of carbonyl (C=O) groups excluding carboxylic acids is 1. The van der Waals surface area contributed by atoms with Gasteiger partial charge in [0.1, 0.15) is 0 Å². The van der Waals surface area contributed by atoms with Gasteiger partial charge in [-0.3, -0.25) is 4.79 Å². The molecule has 0 saturated carbocycles. The minimum Gasteiger partial charge on any atom is -0.343 e. The number of likely N-dealkylation sites (tertiary alicyclic amines) is 1. The third kappa shape index (κ3) is 3.66. The molecule has 0 spiro atoms.